The first kappa shape index (κ1) is 20.3. The summed E-state index contributed by atoms with van der Waals surface area (Å²) in [6.45, 7) is 5.94. The number of nitrogens with zero attached hydrogens (tertiary/aromatic N) is 1. The number of rotatable bonds is 5. The lowest BCUT2D eigenvalue weighted by atomic mass is 9.76. The van der Waals surface area contributed by atoms with Gasteiger partial charge in [0.15, 0.2) is 0 Å². The lowest BCUT2D eigenvalue weighted by molar-refractivity contribution is -0.121. The molecule has 4 rings (SSSR count). The molecule has 156 valence electrons. The number of benzene rings is 2. The number of halogens is 1. The van der Waals surface area contributed by atoms with Crippen LogP contribution < -0.4 is 10.7 Å². The van der Waals surface area contributed by atoms with Crippen molar-refractivity contribution in [3.63, 3.8) is 0 Å². The number of hydrazone groups is 1. The number of hydrogen-bond acceptors (Lipinski definition) is 3. The van der Waals surface area contributed by atoms with Crippen LogP contribution in [0, 0.1) is 17.7 Å². The van der Waals surface area contributed by atoms with Crippen molar-refractivity contribution in [1.29, 1.82) is 0 Å². The van der Waals surface area contributed by atoms with E-state index in [1.165, 1.54) is 17.7 Å². The topological polar surface area (TPSA) is 53.5 Å². The number of amides is 1. The number of carbonyl (C=O) groups excluding carboxylic acids is 1. The quantitative estimate of drug-likeness (QED) is 0.390. The maximum atomic E-state index is 13.4. The van der Waals surface area contributed by atoms with Gasteiger partial charge in [0.05, 0.1) is 11.8 Å². The van der Waals surface area contributed by atoms with Gasteiger partial charge in [0.2, 0.25) is 5.91 Å². The Morgan fingerprint density at radius 1 is 1.23 bits per heavy atom. The van der Waals surface area contributed by atoms with Crippen LogP contribution in [-0.2, 0) is 4.79 Å². The average Bonchev–Trinajstić information content (AvgIpc) is 3.21. The molecule has 5 heteroatoms. The molecule has 0 unspecified atom stereocenters. The molecule has 1 aliphatic heterocycles. The van der Waals surface area contributed by atoms with Gasteiger partial charge < -0.3 is 5.32 Å². The van der Waals surface area contributed by atoms with Gasteiger partial charge >= 0.3 is 0 Å². The summed E-state index contributed by atoms with van der Waals surface area (Å²) in [5, 5.41) is 7.97. The molecule has 0 fully saturated rings. The van der Waals surface area contributed by atoms with Crippen molar-refractivity contribution >= 4 is 17.3 Å². The summed E-state index contributed by atoms with van der Waals surface area (Å²) in [5.74, 6) is 0.720. The van der Waals surface area contributed by atoms with Crippen LogP contribution in [0.2, 0.25) is 0 Å². The Balaban J connectivity index is 1.58. The number of anilines is 1. The highest BCUT2D eigenvalue weighted by Crippen LogP contribution is 2.49. The van der Waals surface area contributed by atoms with Crippen molar-refractivity contribution in [3.8, 4) is 0 Å². The third-order valence-electron chi connectivity index (χ3n) is 5.95. The smallest absolute Gasteiger partial charge is 0.240 e. The number of hydrogen-bond donors (Lipinski definition) is 2. The molecule has 0 radical (unpaired) electrons. The van der Waals surface area contributed by atoms with E-state index in [2.05, 4.69) is 40.1 Å². The van der Waals surface area contributed by atoms with Crippen LogP contribution in [-0.4, -0.2) is 11.6 Å². The third kappa shape index (κ3) is 4.16. The molecular weight excluding hydrogens is 377 g/mol. The Morgan fingerprint density at radius 2 is 2.00 bits per heavy atom. The summed E-state index contributed by atoms with van der Waals surface area (Å²) in [5.41, 5.74) is 7.89. The fourth-order valence-corrected chi connectivity index (χ4v) is 4.45. The van der Waals surface area contributed by atoms with Gasteiger partial charge in [-0.25, -0.2) is 9.82 Å². The molecule has 2 N–H and O–H groups in total. The molecule has 0 spiro atoms. The first-order valence-corrected chi connectivity index (χ1v) is 10.6. The van der Waals surface area contributed by atoms with Crippen molar-refractivity contribution in [2.45, 2.75) is 45.6 Å². The van der Waals surface area contributed by atoms with Gasteiger partial charge in [-0.15, -0.1) is 0 Å². The summed E-state index contributed by atoms with van der Waals surface area (Å²) in [7, 11) is 0. The zero-order valence-corrected chi connectivity index (χ0v) is 17.7. The van der Waals surface area contributed by atoms with Crippen molar-refractivity contribution in [2.75, 3.05) is 5.32 Å². The minimum absolute atomic E-state index is 0.0649. The molecule has 4 nitrogen and oxygen atoms in total. The Hall–Kier alpha value is -2.95. The zero-order chi connectivity index (χ0) is 21.3. The highest BCUT2D eigenvalue weighted by atomic mass is 19.1. The second-order valence-electron chi connectivity index (χ2n) is 8.66. The van der Waals surface area contributed by atoms with Crippen LogP contribution in [0.3, 0.4) is 0 Å². The fourth-order valence-electron chi connectivity index (χ4n) is 4.45. The minimum Gasteiger partial charge on any atom is -0.378 e. The minimum atomic E-state index is -0.212. The van der Waals surface area contributed by atoms with Gasteiger partial charge in [-0.1, -0.05) is 44.2 Å². The third-order valence-corrected chi connectivity index (χ3v) is 5.95. The first-order chi connectivity index (χ1) is 14.4. The van der Waals surface area contributed by atoms with Gasteiger partial charge in [0.1, 0.15) is 5.82 Å². The van der Waals surface area contributed by atoms with E-state index in [1.54, 1.807) is 0 Å². The Morgan fingerprint density at radius 3 is 2.73 bits per heavy atom. The summed E-state index contributed by atoms with van der Waals surface area (Å²) in [6.07, 6.45) is 5.97. The maximum Gasteiger partial charge on any atom is 0.240 e. The van der Waals surface area contributed by atoms with Crippen LogP contribution in [0.5, 0.6) is 0 Å². The van der Waals surface area contributed by atoms with Gasteiger partial charge in [-0.3, -0.25) is 4.79 Å². The van der Waals surface area contributed by atoms with Gasteiger partial charge in [0.25, 0.3) is 0 Å². The zero-order valence-electron chi connectivity index (χ0n) is 17.7. The van der Waals surface area contributed by atoms with E-state index in [4.69, 9.17) is 0 Å². The molecule has 1 heterocycles. The van der Waals surface area contributed by atoms with E-state index in [9.17, 15) is 9.18 Å². The molecule has 0 saturated carbocycles. The van der Waals surface area contributed by atoms with Gasteiger partial charge in [-0.2, -0.15) is 5.10 Å². The predicted molar refractivity (Wildman–Crippen MR) is 119 cm³/mol. The highest BCUT2D eigenvalue weighted by Gasteiger charge is 2.37. The maximum absolute atomic E-state index is 13.4. The fraction of sp³-hybridized carbons (Fsp3) is 0.360. The van der Waals surface area contributed by atoms with Gasteiger partial charge in [-0.05, 0) is 66.1 Å². The van der Waals surface area contributed by atoms with Gasteiger partial charge in [0, 0.05) is 18.0 Å². The normalized spacial score (nSPS) is 22.4. The molecule has 2 aromatic carbocycles. The number of nitrogens with one attached hydrogen (secondary N) is 2. The van der Waals surface area contributed by atoms with Crippen molar-refractivity contribution < 1.29 is 9.18 Å². The van der Waals surface area contributed by atoms with Crippen LogP contribution >= 0.6 is 0 Å². The molecule has 1 amide bonds. The molecule has 1 aliphatic carbocycles. The number of allylic oxidation sites excluding steroid dienone is 2. The van der Waals surface area contributed by atoms with Crippen molar-refractivity contribution in [3.05, 3.63) is 77.1 Å². The molecule has 30 heavy (non-hydrogen) atoms. The monoisotopic (exact) mass is 405 g/mol. The Kier molecular flexibility index (Phi) is 5.71. The van der Waals surface area contributed by atoms with E-state index in [0.29, 0.717) is 24.2 Å². The highest BCUT2D eigenvalue weighted by molar-refractivity contribution is 6.00. The van der Waals surface area contributed by atoms with Crippen LogP contribution in [0.1, 0.15) is 62.3 Å². The lowest BCUT2D eigenvalue weighted by Gasteiger charge is -2.37. The molecule has 3 atom stereocenters. The van der Waals surface area contributed by atoms with E-state index >= 15 is 0 Å². The second-order valence-corrected chi connectivity index (χ2v) is 8.66. The molecule has 0 bridgehead atoms. The van der Waals surface area contributed by atoms with Crippen molar-refractivity contribution in [1.82, 2.24) is 5.43 Å². The summed E-state index contributed by atoms with van der Waals surface area (Å²) in [6, 6.07) is 13.2. The van der Waals surface area contributed by atoms with E-state index in [0.717, 1.165) is 28.9 Å². The molecule has 0 saturated heterocycles. The van der Waals surface area contributed by atoms with E-state index in [-0.39, 0.29) is 17.8 Å². The summed E-state index contributed by atoms with van der Waals surface area (Å²) in [4.78, 5) is 11.9. The van der Waals surface area contributed by atoms with Crippen molar-refractivity contribution in [2.24, 2.45) is 16.9 Å². The molecular formula is C25H28FN3O. The van der Waals surface area contributed by atoms with E-state index in [1.807, 2.05) is 39.0 Å². The first-order valence-electron chi connectivity index (χ1n) is 10.6. The molecule has 2 aliphatic rings. The van der Waals surface area contributed by atoms with Crippen LogP contribution in [0.25, 0.3) is 0 Å². The average molecular weight is 406 g/mol. The van der Waals surface area contributed by atoms with E-state index < -0.39 is 0 Å². The molecule has 2 aromatic rings. The Bertz CT molecular complexity index is 994. The SMILES string of the molecule is C/C(=N/NC(=O)CC(C)C)c1ccc2c(c1)[C@@H]1C=CC[C@@H]1[C@H](c1ccc(F)cc1)N2. The molecule has 0 aromatic heterocycles. The number of carbonyl (C=O) groups is 1. The largest absolute Gasteiger partial charge is 0.378 e. The number of fused-ring (bicyclic) bond motifs is 3. The predicted octanol–water partition coefficient (Wildman–Crippen LogP) is 5.54. The second kappa shape index (κ2) is 8.42. The standard InChI is InChI=1S/C25H28FN3O/c1-15(2)13-24(30)29-28-16(3)18-9-12-23-22(14-18)20-5-4-6-21(20)25(27-23)17-7-10-19(26)11-8-17/h4-5,7-12,14-15,20-21,25,27H,6,13H2,1-3H3,(H,29,30)/b28-16-/t20-,21+,25+/m1/s1. The lowest BCUT2D eigenvalue weighted by Crippen LogP contribution is -2.29. The van der Waals surface area contributed by atoms with Crippen LogP contribution in [0.4, 0.5) is 10.1 Å². The summed E-state index contributed by atoms with van der Waals surface area (Å²) < 4.78 is 13.4. The van der Waals surface area contributed by atoms with Crippen LogP contribution in [0.15, 0.2) is 59.7 Å². The Labute approximate surface area is 177 Å². The summed E-state index contributed by atoms with van der Waals surface area (Å²) >= 11 is 0.